The van der Waals surface area contributed by atoms with Gasteiger partial charge in [-0.2, -0.15) is 0 Å². The Morgan fingerprint density at radius 3 is 0.500 bits per heavy atom. The van der Waals surface area contributed by atoms with Gasteiger partial charge in [-0.25, -0.2) is 0 Å². The Balaban J connectivity index is -0.0000000169. The molecule has 0 saturated carbocycles. The van der Waals surface area contributed by atoms with Crippen molar-refractivity contribution in [1.29, 1.82) is 0 Å². The average Bonchev–Trinajstić information content (AvgIpc) is 2.08. The Hall–Kier alpha value is -2.61. The molecule has 0 aromatic rings. The van der Waals surface area contributed by atoms with Crippen LogP contribution in [-0.4, -0.2) is 61.9 Å². The van der Waals surface area contributed by atoms with Crippen molar-refractivity contribution in [1.82, 2.24) is 12.3 Å². The second kappa shape index (κ2) is 56.3. The Labute approximate surface area is 183 Å². The van der Waals surface area contributed by atoms with E-state index in [2.05, 4.69) is 0 Å². The number of aliphatic carboxylic acids is 3. The van der Waals surface area contributed by atoms with Crippen molar-refractivity contribution in [3.63, 3.8) is 0 Å². The molecule has 0 amide bonds. The van der Waals surface area contributed by atoms with E-state index in [0.29, 0.717) is 0 Å². The third kappa shape index (κ3) is 1720. The molecule has 0 bridgehead atoms. The summed E-state index contributed by atoms with van der Waals surface area (Å²) >= 11 is 0. The Morgan fingerprint density at radius 1 is 0.500 bits per heavy atom. The number of carbonyl (C=O) groups is 6. The van der Waals surface area contributed by atoms with Crippen LogP contribution in [0.3, 0.4) is 0 Å². The zero-order valence-corrected chi connectivity index (χ0v) is 21.1. The molecule has 0 unspecified atom stereocenters. The van der Waals surface area contributed by atoms with E-state index in [1.165, 1.54) is 0 Å². The molecule has 0 aliphatic heterocycles. The van der Waals surface area contributed by atoms with Gasteiger partial charge in [0.1, 0.15) is 0 Å². The summed E-state index contributed by atoms with van der Waals surface area (Å²) < 4.78 is 0. The summed E-state index contributed by atoms with van der Waals surface area (Å²) in [5.74, 6) is -2.75. The first-order valence-corrected chi connectivity index (χ1v) is 4.66. The van der Waals surface area contributed by atoms with Gasteiger partial charge in [0.15, 0.2) is 0 Å². The average molecular weight is 527 g/mol. The maximum absolute atomic E-state index is 9.00. The van der Waals surface area contributed by atoms with Gasteiger partial charge in [0.2, 0.25) is 18.5 Å². The molecule has 11 N–H and O–H groups in total. The van der Waals surface area contributed by atoms with Crippen LogP contribution in [0.2, 0.25) is 0 Å². The van der Waals surface area contributed by atoms with Gasteiger partial charge in [-0.3, -0.25) is 9.59 Å². The Bertz CT molecular complexity index is 275. The second-order valence-electron chi connectivity index (χ2n) is 2.33. The zero-order chi connectivity index (χ0) is 21.5. The molecule has 0 radical (unpaired) electrons. The van der Waals surface area contributed by atoms with Crippen LogP contribution in [0.5, 0.6) is 0 Å². The first kappa shape index (κ1) is 63.8. The van der Waals surface area contributed by atoms with E-state index in [4.69, 9.17) is 74.7 Å². The van der Waals surface area contributed by atoms with E-state index in [0.717, 1.165) is 20.8 Å². The van der Waals surface area contributed by atoms with Gasteiger partial charge in [0.25, 0.3) is 11.9 Å². The molecule has 0 atom stereocenters. The topological polar surface area (TPSA) is 366 Å². The zero-order valence-electron chi connectivity index (χ0n) is 15.1. The van der Waals surface area contributed by atoms with Crippen molar-refractivity contribution >= 4 is 36.4 Å². The van der Waals surface area contributed by atoms with Crippen LogP contribution < -0.4 is 32.7 Å². The minimum Gasteiger partial charge on any atom is -0.565 e. The molecule has 0 aromatic carbocycles. The predicted molar refractivity (Wildman–Crippen MR) is 71.4 cm³/mol. The number of carbonyl (C=O) groups excluding carboxylic acids is 1. The van der Waals surface area contributed by atoms with Crippen molar-refractivity contribution in [2.24, 2.45) is 0 Å². The molecule has 0 saturated heterocycles. The fraction of sp³-hybridized carbons (Fsp3) is 0.333. The quantitative estimate of drug-likeness (QED) is 0.147. The third-order valence-corrected chi connectivity index (χ3v) is 0. The van der Waals surface area contributed by atoms with Gasteiger partial charge < -0.3 is 77.4 Å². The van der Waals surface area contributed by atoms with E-state index in [-0.39, 0.29) is 51.3 Å². The maximum Gasteiger partial charge on any atom is 2.00 e. The van der Waals surface area contributed by atoms with Gasteiger partial charge in [-0.1, -0.05) is 0 Å². The maximum atomic E-state index is 9.00. The van der Waals surface area contributed by atoms with Crippen LogP contribution in [-0.2, 0) is 53.3 Å². The summed E-state index contributed by atoms with van der Waals surface area (Å²) in [6.07, 6.45) is -6.25. The fourth-order valence-electron chi connectivity index (χ4n) is 0. The van der Waals surface area contributed by atoms with Gasteiger partial charge in [-0.05, 0) is 6.92 Å². The summed E-state index contributed by atoms with van der Waals surface area (Å²) in [6, 6.07) is 0. The minimum absolute atomic E-state index is 0. The van der Waals surface area contributed by atoms with E-state index in [1.807, 2.05) is 0 Å². The van der Waals surface area contributed by atoms with Gasteiger partial charge in [0.05, 0.1) is 0 Å². The summed E-state index contributed by atoms with van der Waals surface area (Å²) in [5, 5.41) is 69.6. The molecule has 0 aliphatic carbocycles. The van der Waals surface area contributed by atoms with Crippen molar-refractivity contribution in [2.75, 3.05) is 0 Å². The van der Waals surface area contributed by atoms with Crippen LogP contribution in [0.4, 0.5) is 14.4 Å². The van der Waals surface area contributed by atoms with Crippen LogP contribution in [0.15, 0.2) is 0 Å². The van der Waals surface area contributed by atoms with E-state index in [1.54, 1.807) is 0 Å². The van der Waals surface area contributed by atoms with Crippen LogP contribution >= 0.6 is 0 Å². The molecule has 0 aliphatic rings. The van der Waals surface area contributed by atoms with Crippen molar-refractivity contribution in [3.05, 3.63) is 0 Å². The van der Waals surface area contributed by atoms with Gasteiger partial charge in [-0.15, -0.1) is 0 Å². The first-order valence-electron chi connectivity index (χ1n) is 4.66. The summed E-state index contributed by atoms with van der Waals surface area (Å²) in [5.41, 5.74) is 0. The monoisotopic (exact) mass is 524 g/mol. The Morgan fingerprint density at radius 2 is 0.500 bits per heavy atom. The number of carboxylic acids is 3. The van der Waals surface area contributed by atoms with Crippen molar-refractivity contribution in [3.8, 4) is 0 Å². The number of hydrogen-bond acceptors (Lipinski definition) is 12. The van der Waals surface area contributed by atoms with Crippen LogP contribution in [0.1, 0.15) is 20.8 Å². The molecular formula is C9H20N2O15Zn2. The summed E-state index contributed by atoms with van der Waals surface area (Å²) in [4.78, 5) is 52.2. The second-order valence-corrected chi connectivity index (χ2v) is 2.33. The van der Waals surface area contributed by atoms with E-state index < -0.39 is 36.4 Å². The van der Waals surface area contributed by atoms with Crippen LogP contribution in [0, 0.1) is 0 Å². The third-order valence-electron chi connectivity index (χ3n) is 0. The first-order chi connectivity index (χ1) is 10.4. The predicted octanol–water partition coefficient (Wildman–Crippen LogP) is -4.08. The molecule has 0 aromatic heterocycles. The Kier molecular flexibility index (Phi) is 128. The van der Waals surface area contributed by atoms with E-state index >= 15 is 0 Å². The van der Waals surface area contributed by atoms with E-state index in [9.17, 15) is 0 Å². The van der Waals surface area contributed by atoms with Gasteiger partial charge in [0, 0.05) is 19.8 Å². The van der Waals surface area contributed by atoms with Crippen molar-refractivity contribution < 1.29 is 114 Å². The summed E-state index contributed by atoms with van der Waals surface area (Å²) in [7, 11) is 0. The standard InChI is InChI=1S/3C2H4O2.3CH2O3.2H3N.2Zn/c3*1-2(3)4;3*2-1(3)4;;;;/h3*1H3,(H,3,4);3*(H2,2,3,4);2*1H3;;/q;;;;;;;;2*+2/p-4. The SMILES string of the molecule is CC(=O)O.CC(=O)O.CC(=O)[O-].N.N.O=C([O-])O.O=C([O-])O.O=C([O-])O.[Zn+2].[Zn+2]. The molecule has 160 valence electrons. The fourth-order valence-corrected chi connectivity index (χ4v) is 0. The normalized spacial score (nSPS) is 5.25. The molecule has 0 spiro atoms. The van der Waals surface area contributed by atoms with Crippen molar-refractivity contribution in [2.45, 2.75) is 20.8 Å². The summed E-state index contributed by atoms with van der Waals surface area (Å²) in [6.45, 7) is 3.14. The molecule has 28 heavy (non-hydrogen) atoms. The number of rotatable bonds is 0. The van der Waals surface area contributed by atoms with Crippen LogP contribution in [0.25, 0.3) is 0 Å². The van der Waals surface area contributed by atoms with Gasteiger partial charge >= 0.3 is 39.0 Å². The number of hydrogen-bond donors (Lipinski definition) is 7. The minimum atomic E-state index is -2.08. The largest absolute Gasteiger partial charge is 2.00 e. The molecule has 0 rings (SSSR count). The molecule has 17 nitrogen and oxygen atoms in total. The molecule has 0 heterocycles. The molecular weight excluding hydrogens is 507 g/mol. The molecule has 19 heteroatoms. The molecule has 0 fully saturated rings. The smallest absolute Gasteiger partial charge is 0.565 e. The number of carboxylic acid groups (broad SMARTS) is 9.